The van der Waals surface area contributed by atoms with E-state index in [0.29, 0.717) is 17.8 Å². The van der Waals surface area contributed by atoms with Gasteiger partial charge in [-0.2, -0.15) is 0 Å². The predicted octanol–water partition coefficient (Wildman–Crippen LogP) is 3.13. The number of nitrogens with zero attached hydrogens (tertiary/aromatic N) is 3. The van der Waals surface area contributed by atoms with Crippen molar-refractivity contribution >= 4 is 11.8 Å². The molecule has 1 aliphatic carbocycles. The maximum absolute atomic E-state index is 5.73. The Kier molecular flexibility index (Phi) is 5.06. The van der Waals surface area contributed by atoms with E-state index in [1.54, 1.807) is 0 Å². The zero-order valence-electron chi connectivity index (χ0n) is 11.4. The molecule has 1 heterocycles. The molecule has 0 aromatic carbocycles. The molecule has 18 heavy (non-hydrogen) atoms. The Labute approximate surface area is 114 Å². The molecule has 0 saturated heterocycles. The third-order valence-corrected chi connectivity index (χ3v) is 4.80. The molecule has 0 unspecified atom stereocenters. The van der Waals surface area contributed by atoms with Gasteiger partial charge in [-0.3, -0.25) is 0 Å². The largest absolute Gasteiger partial charge is 0.324 e. The fraction of sp³-hybridized carbons (Fsp3) is 0.846. The van der Waals surface area contributed by atoms with Gasteiger partial charge < -0.3 is 10.3 Å². The normalized spacial score (nSPS) is 18.2. The van der Waals surface area contributed by atoms with Crippen LogP contribution in [0, 0.1) is 0 Å². The van der Waals surface area contributed by atoms with Gasteiger partial charge in [0.1, 0.15) is 5.82 Å². The SMILES string of the molecule is CC(C)n1c(CN)nnc1SC1CCCCCC1. The highest BCUT2D eigenvalue weighted by molar-refractivity contribution is 7.99. The van der Waals surface area contributed by atoms with Crippen LogP contribution < -0.4 is 5.73 Å². The smallest absolute Gasteiger partial charge is 0.191 e. The minimum absolute atomic E-state index is 0.381. The molecule has 2 N–H and O–H groups in total. The second-order valence-electron chi connectivity index (χ2n) is 5.30. The highest BCUT2D eigenvalue weighted by Crippen LogP contribution is 2.33. The van der Waals surface area contributed by atoms with Crippen LogP contribution in [-0.2, 0) is 6.54 Å². The van der Waals surface area contributed by atoms with Crippen molar-refractivity contribution in [2.45, 2.75) is 75.4 Å². The molecule has 1 fully saturated rings. The Morgan fingerprint density at radius 3 is 2.44 bits per heavy atom. The monoisotopic (exact) mass is 268 g/mol. The van der Waals surface area contributed by atoms with Crippen molar-refractivity contribution in [3.63, 3.8) is 0 Å². The molecular weight excluding hydrogens is 244 g/mol. The summed E-state index contributed by atoms with van der Waals surface area (Å²) in [5, 5.41) is 10.3. The summed E-state index contributed by atoms with van der Waals surface area (Å²) < 4.78 is 2.19. The molecule has 0 bridgehead atoms. The summed E-state index contributed by atoms with van der Waals surface area (Å²) in [4.78, 5) is 0. The molecule has 5 heteroatoms. The van der Waals surface area contributed by atoms with Gasteiger partial charge >= 0.3 is 0 Å². The molecule has 1 aromatic rings. The van der Waals surface area contributed by atoms with E-state index in [9.17, 15) is 0 Å². The van der Waals surface area contributed by atoms with E-state index in [1.165, 1.54) is 38.5 Å². The Morgan fingerprint density at radius 1 is 1.22 bits per heavy atom. The van der Waals surface area contributed by atoms with Gasteiger partial charge in [-0.05, 0) is 26.7 Å². The third kappa shape index (κ3) is 3.26. The number of nitrogens with two attached hydrogens (primary N) is 1. The maximum atomic E-state index is 5.73. The highest BCUT2D eigenvalue weighted by Gasteiger charge is 2.19. The zero-order valence-corrected chi connectivity index (χ0v) is 12.2. The minimum atomic E-state index is 0.381. The van der Waals surface area contributed by atoms with E-state index in [2.05, 4.69) is 28.6 Å². The lowest BCUT2D eigenvalue weighted by atomic mass is 10.2. The molecule has 1 aliphatic rings. The highest BCUT2D eigenvalue weighted by atomic mass is 32.2. The number of thioether (sulfide) groups is 1. The van der Waals surface area contributed by atoms with E-state index in [0.717, 1.165) is 11.0 Å². The van der Waals surface area contributed by atoms with Crippen LogP contribution in [0.3, 0.4) is 0 Å². The van der Waals surface area contributed by atoms with E-state index in [1.807, 2.05) is 11.8 Å². The zero-order chi connectivity index (χ0) is 13.0. The first-order chi connectivity index (χ1) is 8.72. The van der Waals surface area contributed by atoms with E-state index >= 15 is 0 Å². The van der Waals surface area contributed by atoms with Crippen molar-refractivity contribution < 1.29 is 0 Å². The molecular formula is C13H24N4S. The lowest BCUT2D eigenvalue weighted by Crippen LogP contribution is -2.12. The van der Waals surface area contributed by atoms with Gasteiger partial charge in [-0.1, -0.05) is 37.4 Å². The summed E-state index contributed by atoms with van der Waals surface area (Å²) in [5.74, 6) is 0.904. The number of hydrogen-bond donors (Lipinski definition) is 1. The molecule has 1 aromatic heterocycles. The first-order valence-corrected chi connectivity index (χ1v) is 7.91. The second-order valence-corrected chi connectivity index (χ2v) is 6.57. The van der Waals surface area contributed by atoms with Gasteiger partial charge in [-0.15, -0.1) is 10.2 Å². The van der Waals surface area contributed by atoms with Crippen LogP contribution in [0.2, 0.25) is 0 Å². The van der Waals surface area contributed by atoms with Crippen LogP contribution >= 0.6 is 11.8 Å². The first-order valence-electron chi connectivity index (χ1n) is 7.03. The molecule has 102 valence electrons. The van der Waals surface area contributed by atoms with Crippen LogP contribution in [0.25, 0.3) is 0 Å². The van der Waals surface area contributed by atoms with E-state index < -0.39 is 0 Å². The van der Waals surface area contributed by atoms with Gasteiger partial charge in [0.05, 0.1) is 6.54 Å². The Bertz CT molecular complexity index is 367. The quantitative estimate of drug-likeness (QED) is 0.852. The molecule has 0 radical (unpaired) electrons. The Balaban J connectivity index is 2.10. The number of aromatic nitrogens is 3. The van der Waals surface area contributed by atoms with Crippen molar-refractivity contribution in [3.05, 3.63) is 5.82 Å². The molecule has 4 nitrogen and oxygen atoms in total. The topological polar surface area (TPSA) is 56.7 Å². The Hall–Kier alpha value is -0.550. The van der Waals surface area contributed by atoms with E-state index in [4.69, 9.17) is 5.73 Å². The molecule has 0 spiro atoms. The summed E-state index contributed by atoms with van der Waals surface area (Å²) in [6.45, 7) is 4.80. The van der Waals surface area contributed by atoms with Gasteiger partial charge in [0.15, 0.2) is 5.16 Å². The average Bonchev–Trinajstić information content (AvgIpc) is 2.57. The van der Waals surface area contributed by atoms with Gasteiger partial charge in [0.2, 0.25) is 0 Å². The minimum Gasteiger partial charge on any atom is -0.324 e. The maximum Gasteiger partial charge on any atom is 0.191 e. The molecule has 0 aliphatic heterocycles. The molecule has 1 saturated carbocycles. The van der Waals surface area contributed by atoms with Gasteiger partial charge in [0, 0.05) is 11.3 Å². The van der Waals surface area contributed by atoms with Crippen LogP contribution in [0.15, 0.2) is 5.16 Å². The van der Waals surface area contributed by atoms with Crippen molar-refractivity contribution in [1.29, 1.82) is 0 Å². The molecule has 0 amide bonds. The third-order valence-electron chi connectivity index (χ3n) is 3.51. The van der Waals surface area contributed by atoms with Gasteiger partial charge in [0.25, 0.3) is 0 Å². The fourth-order valence-electron chi connectivity index (χ4n) is 2.55. The summed E-state index contributed by atoms with van der Waals surface area (Å²) in [5.41, 5.74) is 5.73. The summed E-state index contributed by atoms with van der Waals surface area (Å²) >= 11 is 1.90. The average molecular weight is 268 g/mol. The van der Waals surface area contributed by atoms with Crippen molar-refractivity contribution in [1.82, 2.24) is 14.8 Å². The molecule has 0 atom stereocenters. The second kappa shape index (κ2) is 6.57. The number of hydrogen-bond acceptors (Lipinski definition) is 4. The van der Waals surface area contributed by atoms with Crippen molar-refractivity contribution in [2.75, 3.05) is 0 Å². The summed E-state index contributed by atoms with van der Waals surface area (Å²) in [6, 6.07) is 0.381. The van der Waals surface area contributed by atoms with Crippen LogP contribution in [0.5, 0.6) is 0 Å². The van der Waals surface area contributed by atoms with Crippen LogP contribution in [-0.4, -0.2) is 20.0 Å². The van der Waals surface area contributed by atoms with Gasteiger partial charge in [-0.25, -0.2) is 0 Å². The van der Waals surface area contributed by atoms with E-state index in [-0.39, 0.29) is 0 Å². The lowest BCUT2D eigenvalue weighted by Gasteiger charge is -2.16. The summed E-state index contributed by atoms with van der Waals surface area (Å²) in [6.07, 6.45) is 8.12. The van der Waals surface area contributed by atoms with Crippen LogP contribution in [0.1, 0.15) is 64.2 Å². The molecule has 2 rings (SSSR count). The van der Waals surface area contributed by atoms with Crippen molar-refractivity contribution in [2.24, 2.45) is 5.73 Å². The first kappa shape index (κ1) is 13.9. The van der Waals surface area contributed by atoms with Crippen molar-refractivity contribution in [3.8, 4) is 0 Å². The standard InChI is InChI=1S/C13H24N4S/c1-10(2)17-12(9-14)15-16-13(17)18-11-7-5-3-4-6-8-11/h10-11H,3-9,14H2,1-2H3. The Morgan fingerprint density at radius 2 is 1.89 bits per heavy atom. The number of rotatable bonds is 4. The lowest BCUT2D eigenvalue weighted by molar-refractivity contribution is 0.524. The van der Waals surface area contributed by atoms with Crippen LogP contribution in [0.4, 0.5) is 0 Å². The fourth-order valence-corrected chi connectivity index (χ4v) is 3.94. The predicted molar refractivity (Wildman–Crippen MR) is 75.6 cm³/mol. The summed E-state index contributed by atoms with van der Waals surface area (Å²) in [7, 11) is 0.